The third-order valence-electron chi connectivity index (χ3n) is 6.73. The van der Waals surface area contributed by atoms with E-state index in [1.807, 2.05) is 33.3 Å². The molecule has 1 unspecified atom stereocenters. The van der Waals surface area contributed by atoms with E-state index in [0.29, 0.717) is 16.5 Å². The second kappa shape index (κ2) is 21.0. The summed E-state index contributed by atoms with van der Waals surface area (Å²) >= 11 is 0. The molecule has 38 heavy (non-hydrogen) atoms. The van der Waals surface area contributed by atoms with Gasteiger partial charge in [-0.1, -0.05) is 94.9 Å². The second-order valence-corrected chi connectivity index (χ2v) is 12.9. The van der Waals surface area contributed by atoms with Gasteiger partial charge in [0.2, 0.25) is 0 Å². The SMILES string of the molecule is C[N+](C)(C)CCOP(=O)(O)OCCCCCCCCCCCCCCCC[CH+]Cc1ccc(B(O)O)cc1. The average Bonchev–Trinajstić information content (AvgIpc) is 2.84. The highest BCUT2D eigenvalue weighted by Crippen LogP contribution is 2.43. The molecule has 0 aliphatic heterocycles. The van der Waals surface area contributed by atoms with Crippen LogP contribution in [-0.2, 0) is 20.0 Å². The van der Waals surface area contributed by atoms with Crippen LogP contribution in [0.3, 0.4) is 0 Å². The van der Waals surface area contributed by atoms with Gasteiger partial charge in [0.25, 0.3) is 0 Å². The van der Waals surface area contributed by atoms with E-state index in [0.717, 1.165) is 32.1 Å². The summed E-state index contributed by atoms with van der Waals surface area (Å²) in [6.45, 7) is 1.16. The quantitative estimate of drug-likeness (QED) is 0.0464. The Kier molecular flexibility index (Phi) is 19.4. The molecule has 0 aliphatic rings. The molecular formula is C29H55BNO6P+2. The van der Waals surface area contributed by atoms with E-state index >= 15 is 0 Å². The summed E-state index contributed by atoms with van der Waals surface area (Å²) in [5.41, 5.74) is 1.76. The number of likely N-dealkylation sites (N-methyl/N-ethyl adjacent to an activating group) is 1. The molecule has 0 heterocycles. The molecule has 0 saturated heterocycles. The van der Waals surface area contributed by atoms with Crippen molar-refractivity contribution in [2.75, 3.05) is 40.9 Å². The average molecular weight is 556 g/mol. The van der Waals surface area contributed by atoms with E-state index in [2.05, 4.69) is 6.42 Å². The van der Waals surface area contributed by atoms with Crippen LogP contribution in [0.5, 0.6) is 0 Å². The molecule has 3 N–H and O–H groups in total. The number of nitrogens with zero attached hydrogens (tertiary/aromatic N) is 1. The number of benzene rings is 1. The topological polar surface area (TPSA) is 96.2 Å². The number of phosphoric ester groups is 1. The summed E-state index contributed by atoms with van der Waals surface area (Å²) in [6.07, 6.45) is 21.8. The standard InChI is InChI=1S/C29H54BNO6P/c1-31(2,3)25-27-37-38(34,35)36-26-19-17-15-13-11-9-7-5-4-6-8-10-12-14-16-18-20-28-21-23-29(24-22-28)30(32)33/h18,21-24,32-33H,4-17,19-20,25-27H2,1-3H3/q+1/p+1. The van der Waals surface area contributed by atoms with Gasteiger partial charge in [0.05, 0.1) is 40.6 Å². The lowest BCUT2D eigenvalue weighted by atomic mass is 9.80. The monoisotopic (exact) mass is 555 g/mol. The van der Waals surface area contributed by atoms with Crippen molar-refractivity contribution in [1.29, 1.82) is 0 Å². The van der Waals surface area contributed by atoms with Crippen LogP contribution in [0.15, 0.2) is 24.3 Å². The predicted molar refractivity (Wildman–Crippen MR) is 158 cm³/mol. The first-order valence-corrected chi connectivity index (χ1v) is 16.3. The van der Waals surface area contributed by atoms with Crippen molar-refractivity contribution in [3.8, 4) is 0 Å². The largest absolute Gasteiger partial charge is 0.488 e. The summed E-state index contributed by atoms with van der Waals surface area (Å²) in [7, 11) is 0.737. The number of phosphoric acid groups is 1. The maximum absolute atomic E-state index is 11.8. The van der Waals surface area contributed by atoms with Crippen LogP contribution < -0.4 is 5.46 Å². The molecule has 0 fully saturated rings. The zero-order valence-electron chi connectivity index (χ0n) is 24.4. The van der Waals surface area contributed by atoms with Gasteiger partial charge in [-0.05, 0) is 30.3 Å². The van der Waals surface area contributed by atoms with Crippen molar-refractivity contribution in [2.45, 2.75) is 103 Å². The Hall–Kier alpha value is -0.855. The molecule has 0 amide bonds. The highest BCUT2D eigenvalue weighted by molar-refractivity contribution is 7.47. The lowest BCUT2D eigenvalue weighted by Gasteiger charge is -2.24. The van der Waals surface area contributed by atoms with E-state index in [-0.39, 0.29) is 13.2 Å². The highest BCUT2D eigenvalue weighted by atomic mass is 31.2. The molecule has 0 spiro atoms. The molecule has 7 nitrogen and oxygen atoms in total. The molecule has 9 heteroatoms. The minimum atomic E-state index is -3.91. The van der Waals surface area contributed by atoms with Crippen LogP contribution in [0.25, 0.3) is 0 Å². The van der Waals surface area contributed by atoms with Crippen molar-refractivity contribution in [1.82, 2.24) is 0 Å². The van der Waals surface area contributed by atoms with Crippen molar-refractivity contribution < 1.29 is 33.0 Å². The van der Waals surface area contributed by atoms with Crippen molar-refractivity contribution in [3.05, 3.63) is 36.2 Å². The fourth-order valence-corrected chi connectivity index (χ4v) is 5.00. The van der Waals surface area contributed by atoms with E-state index in [1.54, 1.807) is 12.1 Å². The van der Waals surface area contributed by atoms with Gasteiger partial charge in [-0.15, -0.1) is 0 Å². The Balaban J connectivity index is 1.79. The molecule has 1 aromatic rings. The molecule has 0 aliphatic carbocycles. The fourth-order valence-electron chi connectivity index (χ4n) is 4.25. The van der Waals surface area contributed by atoms with Crippen LogP contribution >= 0.6 is 7.82 Å². The van der Waals surface area contributed by atoms with Gasteiger partial charge in [0.1, 0.15) is 19.6 Å². The number of unbranched alkanes of at least 4 members (excludes halogenated alkanes) is 15. The Morgan fingerprint density at radius 3 is 1.66 bits per heavy atom. The Morgan fingerprint density at radius 1 is 0.737 bits per heavy atom. The lowest BCUT2D eigenvalue weighted by Crippen LogP contribution is -2.37. The summed E-state index contributed by atoms with van der Waals surface area (Å²) in [6, 6.07) is 7.48. The van der Waals surface area contributed by atoms with Crippen LogP contribution in [0.4, 0.5) is 0 Å². The predicted octanol–water partition coefficient (Wildman–Crippen LogP) is 5.80. The van der Waals surface area contributed by atoms with Gasteiger partial charge in [-0.3, -0.25) is 9.05 Å². The number of hydrogen-bond acceptors (Lipinski definition) is 5. The maximum atomic E-state index is 11.8. The van der Waals surface area contributed by atoms with E-state index in [1.165, 1.54) is 76.2 Å². The van der Waals surface area contributed by atoms with Crippen LogP contribution in [0, 0.1) is 6.42 Å². The van der Waals surface area contributed by atoms with Gasteiger partial charge < -0.3 is 19.4 Å². The van der Waals surface area contributed by atoms with Crippen LogP contribution in [0.1, 0.15) is 102 Å². The summed E-state index contributed by atoms with van der Waals surface area (Å²) < 4.78 is 22.6. The molecule has 1 rings (SSSR count). The summed E-state index contributed by atoms with van der Waals surface area (Å²) in [5.74, 6) is 0. The van der Waals surface area contributed by atoms with Crippen molar-refractivity contribution >= 4 is 20.4 Å². The number of quaternary nitrogens is 1. The van der Waals surface area contributed by atoms with Gasteiger partial charge in [-0.25, -0.2) is 4.57 Å². The van der Waals surface area contributed by atoms with E-state index in [9.17, 15) is 9.46 Å². The lowest BCUT2D eigenvalue weighted by molar-refractivity contribution is -0.870. The Labute approximate surface area is 233 Å². The highest BCUT2D eigenvalue weighted by Gasteiger charge is 2.22. The molecule has 218 valence electrons. The zero-order valence-corrected chi connectivity index (χ0v) is 25.3. The second-order valence-electron chi connectivity index (χ2n) is 11.5. The number of hydrogen-bond donors (Lipinski definition) is 3. The molecule has 1 atom stereocenters. The molecule has 0 aromatic heterocycles. The molecule has 0 bridgehead atoms. The minimum absolute atomic E-state index is 0.217. The van der Waals surface area contributed by atoms with Crippen LogP contribution in [0.2, 0.25) is 0 Å². The first-order valence-electron chi connectivity index (χ1n) is 14.8. The first-order chi connectivity index (χ1) is 18.1. The van der Waals surface area contributed by atoms with Crippen molar-refractivity contribution in [3.63, 3.8) is 0 Å². The minimum Gasteiger partial charge on any atom is -0.423 e. The van der Waals surface area contributed by atoms with E-state index < -0.39 is 14.9 Å². The third-order valence-corrected chi connectivity index (χ3v) is 7.75. The van der Waals surface area contributed by atoms with Gasteiger partial charge in [0, 0.05) is 0 Å². The summed E-state index contributed by atoms with van der Waals surface area (Å²) in [4.78, 5) is 9.69. The molecular weight excluding hydrogens is 500 g/mol. The molecule has 0 radical (unpaired) electrons. The first kappa shape index (κ1) is 35.2. The maximum Gasteiger partial charge on any atom is 0.488 e. The summed E-state index contributed by atoms with van der Waals surface area (Å²) in [5, 5.41) is 18.3. The smallest absolute Gasteiger partial charge is 0.423 e. The number of rotatable bonds is 25. The fraction of sp³-hybridized carbons (Fsp3) is 0.759. The Morgan fingerprint density at radius 2 is 1.18 bits per heavy atom. The van der Waals surface area contributed by atoms with Crippen molar-refractivity contribution in [2.24, 2.45) is 0 Å². The normalized spacial score (nSPS) is 13.4. The van der Waals surface area contributed by atoms with Gasteiger partial charge in [-0.2, -0.15) is 0 Å². The van der Waals surface area contributed by atoms with Gasteiger partial charge >= 0.3 is 14.9 Å². The van der Waals surface area contributed by atoms with E-state index in [4.69, 9.17) is 19.1 Å². The van der Waals surface area contributed by atoms with Crippen LogP contribution in [-0.4, -0.2) is 67.4 Å². The molecule has 1 aromatic carbocycles. The zero-order chi connectivity index (χ0) is 28.1. The molecule has 0 saturated carbocycles. The third kappa shape index (κ3) is 21.0. The van der Waals surface area contributed by atoms with Gasteiger partial charge in [0.15, 0.2) is 0 Å². The Bertz CT molecular complexity index is 742.